The average molecular weight is 695 g/mol. The first-order valence-electron chi connectivity index (χ1n) is 14.9. The van der Waals surface area contributed by atoms with Gasteiger partial charge in [-0.15, -0.1) is 0 Å². The van der Waals surface area contributed by atoms with Gasteiger partial charge in [0.25, 0.3) is 11.4 Å². The highest BCUT2D eigenvalue weighted by molar-refractivity contribution is 5.91. The molecule has 16 heteroatoms. The van der Waals surface area contributed by atoms with Gasteiger partial charge in [-0.25, -0.2) is 9.59 Å². The predicted octanol–water partition coefficient (Wildman–Crippen LogP) is 8.49. The van der Waals surface area contributed by atoms with E-state index in [4.69, 9.17) is 14.2 Å². The van der Waals surface area contributed by atoms with Crippen LogP contribution in [0, 0.1) is 20.2 Å². The highest BCUT2D eigenvalue weighted by Gasteiger charge is 2.34. The van der Waals surface area contributed by atoms with Gasteiger partial charge in [0.1, 0.15) is 5.75 Å². The number of ether oxygens (including phenoxy) is 3. The van der Waals surface area contributed by atoms with Crippen molar-refractivity contribution < 1.29 is 55.6 Å². The summed E-state index contributed by atoms with van der Waals surface area (Å²) in [5.74, 6) is -1.75. The smallest absolute Gasteiger partial charge is 0.426 e. The third-order valence-electron chi connectivity index (χ3n) is 6.83. The first kappa shape index (κ1) is 38.0. The van der Waals surface area contributed by atoms with Crippen LogP contribution >= 0.6 is 0 Å². The lowest BCUT2D eigenvalue weighted by Gasteiger charge is -2.18. The molecule has 0 N–H and O–H groups in total. The van der Waals surface area contributed by atoms with Crippen LogP contribution in [-0.2, 0) is 26.8 Å². The molecule has 0 spiro atoms. The van der Waals surface area contributed by atoms with Crippen LogP contribution in [0.15, 0.2) is 72.8 Å². The van der Waals surface area contributed by atoms with E-state index in [0.717, 1.165) is 36.4 Å². The number of hydrogen-bond acceptors (Lipinski definition) is 9. The number of halogens is 5. The zero-order chi connectivity index (χ0) is 36.0. The molecule has 11 nitrogen and oxygen atoms in total. The fraction of sp³-hybridized carbons (Fsp3) is 0.333. The molecular weight excluding hydrogens is 663 g/mol. The Bertz CT molecular complexity index is 1590. The van der Waals surface area contributed by atoms with Gasteiger partial charge in [-0.3, -0.25) is 20.2 Å². The summed E-state index contributed by atoms with van der Waals surface area (Å²) < 4.78 is 81.2. The predicted molar refractivity (Wildman–Crippen MR) is 165 cm³/mol. The summed E-state index contributed by atoms with van der Waals surface area (Å²) in [5.41, 5.74) is -0.985. The van der Waals surface area contributed by atoms with Crippen LogP contribution in [0.25, 0.3) is 6.08 Å². The van der Waals surface area contributed by atoms with Crippen molar-refractivity contribution in [3.05, 3.63) is 115 Å². The zero-order valence-corrected chi connectivity index (χ0v) is 25.8. The molecule has 0 saturated heterocycles. The maximum Gasteiger partial charge on any atom is 0.426 e. The number of nitro benzene ring substituents is 2. The van der Waals surface area contributed by atoms with Gasteiger partial charge in [0.05, 0.1) is 40.3 Å². The van der Waals surface area contributed by atoms with Gasteiger partial charge < -0.3 is 14.2 Å². The van der Waals surface area contributed by atoms with Crippen LogP contribution in [0.3, 0.4) is 0 Å². The minimum absolute atomic E-state index is 0.0290. The van der Waals surface area contributed by atoms with Crippen molar-refractivity contribution in [2.45, 2.75) is 57.2 Å². The molecule has 0 unspecified atom stereocenters. The fourth-order valence-electron chi connectivity index (χ4n) is 4.33. The summed E-state index contributed by atoms with van der Waals surface area (Å²) in [6.07, 6.45) is -4.21. The van der Waals surface area contributed by atoms with Gasteiger partial charge in [-0.2, -0.15) is 22.0 Å². The second-order valence-corrected chi connectivity index (χ2v) is 10.7. The lowest BCUT2D eigenvalue weighted by Crippen LogP contribution is -2.21. The Kier molecular flexibility index (Phi) is 13.7. The van der Waals surface area contributed by atoms with E-state index in [-0.39, 0.29) is 37.4 Å². The highest BCUT2D eigenvalue weighted by Crippen LogP contribution is 2.32. The lowest BCUT2D eigenvalue weighted by atomic mass is 10.1. The summed E-state index contributed by atoms with van der Waals surface area (Å²) >= 11 is 0. The molecule has 0 amide bonds. The van der Waals surface area contributed by atoms with E-state index in [9.17, 15) is 51.8 Å². The van der Waals surface area contributed by atoms with E-state index >= 15 is 0 Å². The first-order chi connectivity index (χ1) is 23.1. The van der Waals surface area contributed by atoms with Crippen molar-refractivity contribution in [1.82, 2.24) is 0 Å². The van der Waals surface area contributed by atoms with Gasteiger partial charge >= 0.3 is 24.2 Å². The van der Waals surface area contributed by atoms with E-state index in [0.29, 0.717) is 36.8 Å². The number of carbonyl (C=O) groups excluding carboxylic acids is 2. The van der Waals surface area contributed by atoms with Crippen molar-refractivity contribution in [3.8, 4) is 5.75 Å². The molecule has 0 aliphatic heterocycles. The number of carbonyl (C=O) groups is 2. The summed E-state index contributed by atoms with van der Waals surface area (Å²) in [6, 6.07) is 12.9. The molecule has 3 aromatic rings. The molecule has 0 fully saturated rings. The van der Waals surface area contributed by atoms with Gasteiger partial charge in [-0.05, 0) is 80.0 Å². The maximum atomic E-state index is 14.7. The number of nitro groups is 2. The third kappa shape index (κ3) is 13.3. The third-order valence-corrected chi connectivity index (χ3v) is 6.83. The highest BCUT2D eigenvalue weighted by atomic mass is 19.4. The molecule has 0 radical (unpaired) electrons. The van der Waals surface area contributed by atoms with Crippen LogP contribution in [0.4, 0.5) is 33.3 Å². The number of nitrogens with zero attached hydrogens (tertiary/aromatic N) is 2. The standard InChI is InChI=1S/C33H31F5N2O9/c34-32(35,36)17-5-6-23-9-14-29(15-10-23)49-33(37,38)26-12-7-24(8-13-26)11-16-30(41)47-18-3-1-2-4-19-48-31(42)25-20-27(39(43)44)22-28(21-25)40(45)46/h7-16,20-22H,1-6,17-19H2. The molecule has 3 rings (SSSR count). The number of rotatable bonds is 18. The maximum absolute atomic E-state index is 14.7. The van der Waals surface area contributed by atoms with Crippen molar-refractivity contribution in [1.29, 1.82) is 0 Å². The summed E-state index contributed by atoms with van der Waals surface area (Å²) in [5, 5.41) is 21.9. The minimum atomic E-state index is -4.26. The first-order valence-corrected chi connectivity index (χ1v) is 14.9. The fourth-order valence-corrected chi connectivity index (χ4v) is 4.33. The van der Waals surface area contributed by atoms with Gasteiger partial charge in [0, 0.05) is 24.6 Å². The number of benzene rings is 3. The Balaban J connectivity index is 1.33. The molecule has 0 saturated carbocycles. The zero-order valence-electron chi connectivity index (χ0n) is 25.8. The molecule has 0 bridgehead atoms. The van der Waals surface area contributed by atoms with Crippen molar-refractivity contribution >= 4 is 29.4 Å². The monoisotopic (exact) mass is 694 g/mol. The second kappa shape index (κ2) is 17.7. The van der Waals surface area contributed by atoms with Gasteiger partial charge in [0.15, 0.2) is 0 Å². The van der Waals surface area contributed by atoms with Crippen LogP contribution in [0.1, 0.15) is 65.6 Å². The Morgan fingerprint density at radius 2 is 1.31 bits per heavy atom. The van der Waals surface area contributed by atoms with E-state index in [1.165, 1.54) is 42.5 Å². The molecule has 49 heavy (non-hydrogen) atoms. The molecule has 0 aliphatic rings. The Labute approximate surface area is 276 Å². The Hall–Kier alpha value is -5.41. The molecule has 3 aromatic carbocycles. The average Bonchev–Trinajstić information content (AvgIpc) is 3.05. The second-order valence-electron chi connectivity index (χ2n) is 10.7. The minimum Gasteiger partial charge on any atom is -0.463 e. The molecule has 0 aromatic heterocycles. The molecule has 262 valence electrons. The molecular formula is C33H31F5N2O9. The number of non-ortho nitro benzene ring substituents is 2. The van der Waals surface area contributed by atoms with Crippen molar-refractivity contribution in [2.75, 3.05) is 13.2 Å². The number of unbranched alkanes of at least 4 members (excludes halogenated alkanes) is 3. The number of esters is 2. The van der Waals surface area contributed by atoms with E-state index in [1.54, 1.807) is 0 Å². The van der Waals surface area contributed by atoms with E-state index < -0.39 is 57.4 Å². The van der Waals surface area contributed by atoms with Crippen LogP contribution in [-0.4, -0.2) is 41.2 Å². The van der Waals surface area contributed by atoms with Crippen LogP contribution in [0.5, 0.6) is 5.75 Å². The summed E-state index contributed by atoms with van der Waals surface area (Å²) in [4.78, 5) is 44.4. The van der Waals surface area contributed by atoms with Gasteiger partial charge in [-0.1, -0.05) is 24.3 Å². The normalized spacial score (nSPS) is 11.7. The molecule has 0 atom stereocenters. The van der Waals surface area contributed by atoms with E-state index in [1.807, 2.05) is 0 Å². The quantitative estimate of drug-likeness (QED) is 0.0319. The van der Waals surface area contributed by atoms with Crippen LogP contribution < -0.4 is 4.74 Å². The Morgan fingerprint density at radius 1 is 0.735 bits per heavy atom. The molecule has 0 aliphatic carbocycles. The molecule has 0 heterocycles. The number of aryl methyl sites for hydroxylation is 1. The number of hydrogen-bond donors (Lipinski definition) is 0. The van der Waals surface area contributed by atoms with Crippen molar-refractivity contribution in [2.24, 2.45) is 0 Å². The number of alkyl halides is 5. The van der Waals surface area contributed by atoms with Crippen molar-refractivity contribution in [3.63, 3.8) is 0 Å². The lowest BCUT2D eigenvalue weighted by molar-refractivity contribution is -0.394. The summed E-state index contributed by atoms with van der Waals surface area (Å²) in [6.45, 7) is 0.0656. The SMILES string of the molecule is O=C(C=Cc1ccc(C(F)(F)Oc2ccc(CCCC(F)(F)F)cc2)cc1)OCCCCCCOC(=O)c1cc([N+](=O)[O-])cc([N+](=O)[O-])c1. The largest absolute Gasteiger partial charge is 0.463 e. The topological polar surface area (TPSA) is 148 Å². The van der Waals surface area contributed by atoms with Crippen LogP contribution in [0.2, 0.25) is 0 Å². The Morgan fingerprint density at radius 3 is 1.86 bits per heavy atom. The summed E-state index contributed by atoms with van der Waals surface area (Å²) in [7, 11) is 0. The van der Waals surface area contributed by atoms with E-state index in [2.05, 4.69) is 0 Å². The van der Waals surface area contributed by atoms with Gasteiger partial charge in [0.2, 0.25) is 0 Å².